The maximum Gasteiger partial charge on any atom is 0.471 e. The molecule has 1 fully saturated rings. The molecule has 3 amide bonds. The topological polar surface area (TPSA) is 223 Å². The van der Waals surface area contributed by atoms with E-state index < -0.39 is 81.4 Å². The molecule has 1 aliphatic heterocycles. The van der Waals surface area contributed by atoms with E-state index in [1.807, 2.05) is 111 Å². The number of aromatic nitrogens is 2. The monoisotopic (exact) mass is 1260 g/mol. The van der Waals surface area contributed by atoms with Crippen LogP contribution in [0.5, 0.6) is 11.5 Å². The third-order valence-electron chi connectivity index (χ3n) is 14.0. The Labute approximate surface area is 511 Å². The number of carbonyl (C=O) groups is 3. The van der Waals surface area contributed by atoms with E-state index in [2.05, 4.69) is 39.9 Å². The molecule has 3 aromatic carbocycles. The van der Waals surface area contributed by atoms with Crippen molar-refractivity contribution < 1.29 is 68.7 Å². The zero-order valence-electron chi connectivity index (χ0n) is 50.9. The fourth-order valence-corrected chi connectivity index (χ4v) is 11.3. The average molecular weight is 1260 g/mol. The molecular formula is C61H81F6N10O10P. The number of rotatable bonds is 36. The number of benzene rings is 3. The number of carbonyl (C=O) groups excluding carboxylic acids is 3. The molecule has 20 nitrogen and oxygen atoms in total. The second-order valence-corrected chi connectivity index (χ2v) is 22.4. The molecule has 3 N–H and O–H groups in total. The van der Waals surface area contributed by atoms with Crippen molar-refractivity contribution in [3.05, 3.63) is 124 Å². The molecule has 1 saturated heterocycles. The molecule has 27 heteroatoms. The van der Waals surface area contributed by atoms with Crippen LogP contribution in [0.3, 0.4) is 0 Å². The molecule has 88 heavy (non-hydrogen) atoms. The van der Waals surface area contributed by atoms with Gasteiger partial charge in [-0.3, -0.25) is 23.9 Å². The molecule has 1 unspecified atom stereocenters. The Morgan fingerprint density at radius 2 is 1.32 bits per heavy atom. The van der Waals surface area contributed by atoms with Crippen molar-refractivity contribution in [3.8, 4) is 17.6 Å². The van der Waals surface area contributed by atoms with E-state index in [-0.39, 0.29) is 75.7 Å². The number of nitrogens with zero attached hydrogens (tertiary/aromatic N) is 7. The number of ether oxygens (including phenoxy) is 4. The lowest BCUT2D eigenvalue weighted by molar-refractivity contribution is -0.173. The number of alkyl halides is 6. The van der Waals surface area contributed by atoms with Crippen molar-refractivity contribution in [2.45, 2.75) is 129 Å². The first kappa shape index (κ1) is 71.8. The van der Waals surface area contributed by atoms with Gasteiger partial charge in [0.15, 0.2) is 5.82 Å². The van der Waals surface area contributed by atoms with Crippen LogP contribution in [0.15, 0.2) is 101 Å². The van der Waals surface area contributed by atoms with Crippen LogP contribution >= 0.6 is 8.53 Å². The van der Waals surface area contributed by atoms with Gasteiger partial charge in [0, 0.05) is 88.7 Å². The van der Waals surface area contributed by atoms with Crippen LogP contribution < -0.4 is 31.1 Å². The van der Waals surface area contributed by atoms with Crippen molar-refractivity contribution in [2.75, 3.05) is 79.8 Å². The third-order valence-corrected chi connectivity index (χ3v) is 16.2. The van der Waals surface area contributed by atoms with Gasteiger partial charge in [-0.25, -0.2) is 14.5 Å². The predicted molar refractivity (Wildman–Crippen MR) is 322 cm³/mol. The minimum absolute atomic E-state index is 0.0347. The quantitative estimate of drug-likeness (QED) is 0.00733. The highest BCUT2D eigenvalue weighted by Crippen LogP contribution is 2.51. The molecular weight excluding hydrogens is 1180 g/mol. The predicted octanol–water partition coefficient (Wildman–Crippen LogP) is 9.57. The summed E-state index contributed by atoms with van der Waals surface area (Å²) in [4.78, 5) is 63.6. The van der Waals surface area contributed by atoms with E-state index in [0.717, 1.165) is 48.4 Å². The number of hydrogen-bond acceptors (Lipinski definition) is 15. The van der Waals surface area contributed by atoms with Crippen molar-refractivity contribution in [1.82, 2.24) is 40.0 Å². The number of unbranched alkanes of at least 4 members (excludes halogenated alkanes) is 2. The summed E-state index contributed by atoms with van der Waals surface area (Å²) in [6.07, 6.45) is -3.92. The second kappa shape index (κ2) is 35.3. The molecule has 2 heterocycles. The summed E-state index contributed by atoms with van der Waals surface area (Å²) in [5, 5.41) is 15.6. The van der Waals surface area contributed by atoms with Crippen LogP contribution in [0.1, 0.15) is 109 Å². The lowest BCUT2D eigenvalue weighted by atomic mass is 9.80. The average Bonchev–Trinajstić information content (AvgIpc) is 1.01. The van der Waals surface area contributed by atoms with Crippen molar-refractivity contribution in [2.24, 2.45) is 4.99 Å². The molecule has 5 rings (SSSR count). The summed E-state index contributed by atoms with van der Waals surface area (Å²) in [5.74, 6) is -3.94. The van der Waals surface area contributed by atoms with E-state index >= 15 is 0 Å². The van der Waals surface area contributed by atoms with Gasteiger partial charge in [0.25, 0.3) is 8.53 Å². The maximum absolute atomic E-state index is 14.6. The fraction of sp³-hybridized carbons (Fsp3) is 0.525. The van der Waals surface area contributed by atoms with Crippen LogP contribution in [0.4, 0.5) is 32.2 Å². The summed E-state index contributed by atoms with van der Waals surface area (Å²) in [7, 11) is 1.27. The molecule has 482 valence electrons. The molecule has 0 saturated carbocycles. The zero-order chi connectivity index (χ0) is 64.4. The van der Waals surface area contributed by atoms with Gasteiger partial charge >= 0.3 is 29.9 Å². The van der Waals surface area contributed by atoms with E-state index in [4.69, 9.17) is 28.0 Å². The van der Waals surface area contributed by atoms with Gasteiger partial charge < -0.3 is 48.8 Å². The van der Waals surface area contributed by atoms with Crippen molar-refractivity contribution >= 4 is 44.5 Å². The Kier molecular flexibility index (Phi) is 28.8. The van der Waals surface area contributed by atoms with E-state index in [0.29, 0.717) is 24.6 Å². The van der Waals surface area contributed by atoms with Gasteiger partial charge in [0.05, 0.1) is 52.4 Å². The molecule has 0 spiro atoms. The number of aliphatic imine (C=N–C) groups is 1. The van der Waals surface area contributed by atoms with Crippen LogP contribution in [0.25, 0.3) is 6.08 Å². The highest BCUT2D eigenvalue weighted by atomic mass is 31.2. The summed E-state index contributed by atoms with van der Waals surface area (Å²) in [6.45, 7) is 11.4. The summed E-state index contributed by atoms with van der Waals surface area (Å²) in [6, 6.07) is 26.7. The summed E-state index contributed by atoms with van der Waals surface area (Å²) < 4.78 is 120. The standard InChI is InChI=1S/C61H81F6N10O10P/c1-9-11-33-75(34-12-10-2)42-72-55-45(19-28-53(78)69-30-35-74(36-31-70-56(79)60(62,63)64)37-32-71-57(80)61(65,66)67)40-76(58(81)73-55)54-39-51(87-88(85-38-16-29-68)77(43(3)4)44(5)6)52(86-54)41-84-59(46-17-14-13-15-18-46,47-20-24-49(82-7)25-21-47)48-22-26-50(83-8)27-23-48/h13-15,17-28,40,42-44,51-52,54H,9-12,16,30-39,41H2,1-8H3,(H,69,78)(H,70,79)(H,71,80)/b28-19+,72-42?/t51-,52+,54+,88?/m0/s1. The van der Waals surface area contributed by atoms with Gasteiger partial charge in [-0.15, -0.1) is 0 Å². The number of amides is 3. The first-order chi connectivity index (χ1) is 42.0. The van der Waals surface area contributed by atoms with Crippen LogP contribution in [-0.2, 0) is 38.5 Å². The Hall–Kier alpha value is -6.98. The summed E-state index contributed by atoms with van der Waals surface area (Å²) >= 11 is 0. The molecule has 0 radical (unpaired) electrons. The lowest BCUT2D eigenvalue weighted by Crippen LogP contribution is -2.46. The van der Waals surface area contributed by atoms with Crippen LogP contribution in [0, 0.1) is 11.3 Å². The largest absolute Gasteiger partial charge is 0.497 e. The number of halogens is 6. The smallest absolute Gasteiger partial charge is 0.471 e. The highest BCUT2D eigenvalue weighted by molar-refractivity contribution is 7.44. The van der Waals surface area contributed by atoms with Crippen LogP contribution in [-0.4, -0.2) is 165 Å². The summed E-state index contributed by atoms with van der Waals surface area (Å²) in [5.41, 5.74) is 0.404. The zero-order valence-corrected chi connectivity index (χ0v) is 51.8. The number of nitrogens with one attached hydrogen (secondary N) is 3. The Bertz CT molecular complexity index is 2870. The molecule has 1 aromatic heterocycles. The Balaban J connectivity index is 1.58. The Morgan fingerprint density at radius 1 is 0.795 bits per heavy atom. The van der Waals surface area contributed by atoms with Gasteiger partial charge in [0.1, 0.15) is 29.4 Å². The molecule has 0 aliphatic carbocycles. The lowest BCUT2D eigenvalue weighted by Gasteiger charge is -2.39. The van der Waals surface area contributed by atoms with E-state index in [9.17, 15) is 50.8 Å². The maximum atomic E-state index is 14.6. The minimum atomic E-state index is -5.18. The number of methoxy groups -OCH3 is 2. The van der Waals surface area contributed by atoms with Gasteiger partial charge in [-0.2, -0.15) is 36.6 Å². The first-order valence-corrected chi connectivity index (χ1v) is 30.3. The van der Waals surface area contributed by atoms with Gasteiger partial charge in [-0.1, -0.05) is 81.3 Å². The fourth-order valence-electron chi connectivity index (χ4n) is 9.57. The number of nitriles is 1. The molecule has 0 bridgehead atoms. The SMILES string of the molecule is CCCCN(C=Nc1nc(=O)n([C@H]2C[C@H](OP(OCCC#N)N(C(C)C)C(C)C)[C@@H](COC(c3ccccc3)(c3ccc(OC)cc3)c3ccc(OC)cc3)O2)cc1/C=C/C(=O)NCCN(CCNC(=O)C(F)(F)F)CCNC(=O)C(F)(F)F)CCCC. The minimum Gasteiger partial charge on any atom is -0.497 e. The van der Waals surface area contributed by atoms with Crippen LogP contribution in [0.2, 0.25) is 0 Å². The first-order valence-electron chi connectivity index (χ1n) is 29.2. The Morgan fingerprint density at radius 3 is 1.81 bits per heavy atom. The number of hydrogen-bond donors (Lipinski definition) is 3. The van der Waals surface area contributed by atoms with Gasteiger partial charge in [0.2, 0.25) is 5.91 Å². The molecule has 4 atom stereocenters. The van der Waals surface area contributed by atoms with Gasteiger partial charge in [-0.05, 0) is 87.6 Å². The normalized spacial score (nSPS) is 16.0. The molecule has 4 aromatic rings. The van der Waals surface area contributed by atoms with Crippen molar-refractivity contribution in [1.29, 1.82) is 5.26 Å². The van der Waals surface area contributed by atoms with E-state index in [1.54, 1.807) is 31.2 Å². The van der Waals surface area contributed by atoms with Crippen molar-refractivity contribution in [3.63, 3.8) is 0 Å². The molecule has 1 aliphatic rings. The van der Waals surface area contributed by atoms with E-state index in [1.165, 1.54) is 21.7 Å². The second-order valence-electron chi connectivity index (χ2n) is 21.0. The third kappa shape index (κ3) is 21.4. The highest BCUT2D eigenvalue weighted by Gasteiger charge is 2.46.